The first kappa shape index (κ1) is 19.0. The number of halogens is 1. The predicted octanol–water partition coefficient (Wildman–Crippen LogP) is 3.20. The van der Waals surface area contributed by atoms with Crippen LogP contribution in [0.15, 0.2) is 10.6 Å². The van der Waals surface area contributed by atoms with Gasteiger partial charge >= 0.3 is 0 Å². The highest BCUT2D eigenvalue weighted by molar-refractivity contribution is 5.91. The van der Waals surface area contributed by atoms with Crippen LogP contribution in [0, 0.1) is 5.92 Å². The summed E-state index contributed by atoms with van der Waals surface area (Å²) in [6.45, 7) is 7.81. The molecule has 0 radical (unpaired) electrons. The summed E-state index contributed by atoms with van der Waals surface area (Å²) in [6, 6.07) is 2.02. The van der Waals surface area contributed by atoms with E-state index in [-0.39, 0.29) is 24.4 Å². The molecule has 0 aliphatic carbocycles. The number of aromatic nitrogens is 1. The van der Waals surface area contributed by atoms with Gasteiger partial charge in [0, 0.05) is 31.1 Å². The summed E-state index contributed by atoms with van der Waals surface area (Å²) >= 11 is 0. The maximum Gasteiger partial charge on any atom is 0.292 e. The molecule has 1 fully saturated rings. The molecule has 0 bridgehead atoms. The summed E-state index contributed by atoms with van der Waals surface area (Å²) in [7, 11) is 0. The number of nitrogens with zero attached hydrogens (tertiary/aromatic N) is 2. The fourth-order valence-electron chi connectivity index (χ4n) is 3.07. The molecule has 5 nitrogen and oxygen atoms in total. The van der Waals surface area contributed by atoms with Crippen molar-refractivity contribution >= 4 is 18.3 Å². The van der Waals surface area contributed by atoms with Gasteiger partial charge in [-0.05, 0) is 38.5 Å². The second-order valence-corrected chi connectivity index (χ2v) is 6.12. The van der Waals surface area contributed by atoms with Gasteiger partial charge in [-0.2, -0.15) is 0 Å². The molecule has 1 unspecified atom stereocenters. The van der Waals surface area contributed by atoms with Gasteiger partial charge in [-0.3, -0.25) is 4.79 Å². The summed E-state index contributed by atoms with van der Waals surface area (Å²) in [6.07, 6.45) is 3.96. The van der Waals surface area contributed by atoms with E-state index in [1.54, 1.807) is 0 Å². The smallest absolute Gasteiger partial charge is 0.292 e. The molecular weight excluding hydrogens is 302 g/mol. The standard InChI is InChI=1S/C16H27N3O2.ClH/c1-4-12(5-2)14-10-15(21-18-14)16(20)19-8-6-13(7-9-19)11(3)17;/h10-13H,4-9,17H2,1-3H3;1H. The first-order valence-corrected chi connectivity index (χ1v) is 8.08. The van der Waals surface area contributed by atoms with Crippen LogP contribution < -0.4 is 5.73 Å². The topological polar surface area (TPSA) is 72.4 Å². The Morgan fingerprint density at radius 1 is 1.41 bits per heavy atom. The van der Waals surface area contributed by atoms with Crippen LogP contribution in [0.2, 0.25) is 0 Å². The fourth-order valence-corrected chi connectivity index (χ4v) is 3.07. The van der Waals surface area contributed by atoms with Crippen molar-refractivity contribution in [3.63, 3.8) is 0 Å². The molecule has 1 amide bonds. The van der Waals surface area contributed by atoms with Crippen LogP contribution >= 0.6 is 12.4 Å². The summed E-state index contributed by atoms with van der Waals surface area (Å²) in [4.78, 5) is 14.3. The number of rotatable bonds is 5. The maximum absolute atomic E-state index is 12.4. The average Bonchev–Trinajstić information content (AvgIpc) is 2.97. The summed E-state index contributed by atoms with van der Waals surface area (Å²) in [5.41, 5.74) is 6.83. The Labute approximate surface area is 139 Å². The highest BCUT2D eigenvalue weighted by atomic mass is 35.5. The zero-order valence-corrected chi connectivity index (χ0v) is 14.6. The van der Waals surface area contributed by atoms with E-state index in [4.69, 9.17) is 10.3 Å². The van der Waals surface area contributed by atoms with E-state index in [2.05, 4.69) is 19.0 Å². The maximum atomic E-state index is 12.4. The van der Waals surface area contributed by atoms with Crippen molar-refractivity contribution in [1.82, 2.24) is 10.1 Å². The van der Waals surface area contributed by atoms with Crippen LogP contribution in [-0.2, 0) is 0 Å². The minimum atomic E-state index is -0.0390. The number of likely N-dealkylation sites (tertiary alicyclic amines) is 1. The van der Waals surface area contributed by atoms with Crippen LogP contribution in [0.1, 0.15) is 68.6 Å². The molecule has 1 aliphatic rings. The number of piperidine rings is 1. The molecule has 0 saturated carbocycles. The highest BCUT2D eigenvalue weighted by Crippen LogP contribution is 2.25. The van der Waals surface area contributed by atoms with E-state index in [1.807, 2.05) is 17.9 Å². The third kappa shape index (κ3) is 4.23. The van der Waals surface area contributed by atoms with E-state index in [9.17, 15) is 4.79 Å². The molecule has 1 aromatic rings. The number of carbonyl (C=O) groups excluding carboxylic acids is 1. The van der Waals surface area contributed by atoms with Crippen LogP contribution in [-0.4, -0.2) is 35.1 Å². The first-order chi connectivity index (χ1) is 10.1. The van der Waals surface area contributed by atoms with Crippen LogP contribution in [0.5, 0.6) is 0 Å². The van der Waals surface area contributed by atoms with Gasteiger partial charge in [0.15, 0.2) is 0 Å². The number of hydrogen-bond donors (Lipinski definition) is 1. The van der Waals surface area contributed by atoms with Crippen LogP contribution in [0.4, 0.5) is 0 Å². The molecule has 1 atom stereocenters. The largest absolute Gasteiger partial charge is 0.351 e. The third-order valence-electron chi connectivity index (χ3n) is 4.71. The Bertz CT molecular complexity index is 464. The minimum absolute atomic E-state index is 0. The van der Waals surface area contributed by atoms with Crippen molar-refractivity contribution in [1.29, 1.82) is 0 Å². The lowest BCUT2D eigenvalue weighted by molar-refractivity contribution is 0.0639. The highest BCUT2D eigenvalue weighted by Gasteiger charge is 2.28. The molecule has 2 N–H and O–H groups in total. The number of carbonyl (C=O) groups is 1. The van der Waals surface area contributed by atoms with Gasteiger partial charge in [0.05, 0.1) is 5.69 Å². The Kier molecular flexibility index (Phi) is 7.36. The van der Waals surface area contributed by atoms with Crippen molar-refractivity contribution in [3.8, 4) is 0 Å². The Hall–Kier alpha value is -1.07. The molecule has 1 saturated heterocycles. The van der Waals surface area contributed by atoms with Crippen LogP contribution in [0.25, 0.3) is 0 Å². The van der Waals surface area contributed by atoms with Gasteiger partial charge in [0.1, 0.15) is 0 Å². The van der Waals surface area contributed by atoms with Gasteiger partial charge in [-0.15, -0.1) is 12.4 Å². The van der Waals surface area contributed by atoms with E-state index in [1.165, 1.54) is 0 Å². The molecule has 2 rings (SSSR count). The second-order valence-electron chi connectivity index (χ2n) is 6.12. The Balaban J connectivity index is 0.00000242. The van der Waals surface area contributed by atoms with Gasteiger partial charge in [0.2, 0.25) is 5.76 Å². The monoisotopic (exact) mass is 329 g/mol. The van der Waals surface area contributed by atoms with Crippen molar-refractivity contribution in [2.45, 2.75) is 58.4 Å². The van der Waals surface area contributed by atoms with Crippen molar-refractivity contribution in [2.75, 3.05) is 13.1 Å². The SMILES string of the molecule is CCC(CC)c1cc(C(=O)N2CCC(C(C)N)CC2)on1.Cl. The zero-order chi connectivity index (χ0) is 15.4. The first-order valence-electron chi connectivity index (χ1n) is 8.08. The second kappa shape index (κ2) is 8.53. The van der Waals surface area contributed by atoms with Crippen molar-refractivity contribution < 1.29 is 9.32 Å². The van der Waals surface area contributed by atoms with E-state index >= 15 is 0 Å². The zero-order valence-electron chi connectivity index (χ0n) is 13.7. The summed E-state index contributed by atoms with van der Waals surface area (Å²) in [5, 5.41) is 4.07. The summed E-state index contributed by atoms with van der Waals surface area (Å²) in [5.74, 6) is 1.22. The van der Waals surface area contributed by atoms with Crippen LogP contribution in [0.3, 0.4) is 0 Å². The molecule has 6 heteroatoms. The molecular formula is C16H28ClN3O2. The lowest BCUT2D eigenvalue weighted by atomic mass is 9.91. The minimum Gasteiger partial charge on any atom is -0.351 e. The molecule has 22 heavy (non-hydrogen) atoms. The molecule has 0 aromatic carbocycles. The Morgan fingerprint density at radius 2 is 2.00 bits per heavy atom. The van der Waals surface area contributed by atoms with Gasteiger partial charge in [0.25, 0.3) is 5.91 Å². The average molecular weight is 330 g/mol. The molecule has 1 aliphatic heterocycles. The third-order valence-corrected chi connectivity index (χ3v) is 4.71. The lowest BCUT2D eigenvalue weighted by Gasteiger charge is -2.33. The number of hydrogen-bond acceptors (Lipinski definition) is 4. The van der Waals surface area contributed by atoms with E-state index in [0.717, 1.165) is 44.5 Å². The van der Waals surface area contributed by atoms with E-state index < -0.39 is 0 Å². The van der Waals surface area contributed by atoms with Crippen molar-refractivity contribution in [2.24, 2.45) is 11.7 Å². The van der Waals surface area contributed by atoms with Gasteiger partial charge in [-0.25, -0.2) is 0 Å². The van der Waals surface area contributed by atoms with Crippen molar-refractivity contribution in [3.05, 3.63) is 17.5 Å². The lowest BCUT2D eigenvalue weighted by Crippen LogP contribution is -2.42. The van der Waals surface area contributed by atoms with E-state index in [0.29, 0.717) is 17.6 Å². The quantitative estimate of drug-likeness (QED) is 0.900. The summed E-state index contributed by atoms with van der Waals surface area (Å²) < 4.78 is 5.27. The molecule has 2 heterocycles. The predicted molar refractivity (Wildman–Crippen MR) is 89.4 cm³/mol. The number of amides is 1. The Morgan fingerprint density at radius 3 is 2.50 bits per heavy atom. The molecule has 126 valence electrons. The normalized spacial score (nSPS) is 17.4. The number of nitrogens with two attached hydrogens (primary N) is 1. The molecule has 1 aromatic heterocycles. The van der Waals surface area contributed by atoms with Gasteiger partial charge in [-0.1, -0.05) is 19.0 Å². The molecule has 0 spiro atoms. The fraction of sp³-hybridized carbons (Fsp3) is 0.750. The van der Waals surface area contributed by atoms with Gasteiger partial charge < -0.3 is 15.2 Å².